The Morgan fingerprint density at radius 3 is 2.13 bits per heavy atom. The van der Waals surface area contributed by atoms with Crippen LogP contribution in [0, 0.1) is 0 Å². The number of aliphatic hydroxyl groups excluding tert-OH is 1. The molecule has 0 aromatic heterocycles. The van der Waals surface area contributed by atoms with Gasteiger partial charge in [-0.3, -0.25) is 5.32 Å². The minimum Gasteiger partial charge on any atom is -0.493 e. The van der Waals surface area contributed by atoms with Gasteiger partial charge >= 0.3 is 6.09 Å². The fourth-order valence-electron chi connectivity index (χ4n) is 1.78. The first-order valence-corrected chi connectivity index (χ1v) is 6.79. The topological polar surface area (TPSA) is 77.0 Å². The predicted molar refractivity (Wildman–Crippen MR) is 80.4 cm³/mol. The molecule has 1 rings (SSSR count). The maximum Gasteiger partial charge on any atom is 0.412 e. The van der Waals surface area contributed by atoms with Crippen molar-refractivity contribution in [1.29, 1.82) is 0 Å². The third-order valence-corrected chi connectivity index (χ3v) is 2.75. The van der Waals surface area contributed by atoms with Gasteiger partial charge < -0.3 is 19.3 Å². The molecule has 23 heavy (non-hydrogen) atoms. The Bertz CT molecular complexity index is 570. The summed E-state index contributed by atoms with van der Waals surface area (Å²) >= 11 is 0. The van der Waals surface area contributed by atoms with Gasteiger partial charge in [-0.1, -0.05) is 0 Å². The first kappa shape index (κ1) is 19.0. The van der Waals surface area contributed by atoms with Crippen LogP contribution in [-0.4, -0.2) is 37.6 Å². The van der Waals surface area contributed by atoms with Crippen LogP contribution in [0.2, 0.25) is 0 Å². The summed E-state index contributed by atoms with van der Waals surface area (Å²) in [4.78, 5) is 11.8. The van der Waals surface area contributed by atoms with Crippen molar-refractivity contribution in [2.24, 2.45) is 0 Å². The van der Waals surface area contributed by atoms with E-state index in [1.807, 2.05) is 0 Å². The largest absolute Gasteiger partial charge is 0.493 e. The molecule has 0 aliphatic carbocycles. The van der Waals surface area contributed by atoms with Gasteiger partial charge in [0.25, 0.3) is 5.92 Å². The molecular weight excluding hydrogens is 312 g/mol. The van der Waals surface area contributed by atoms with Crippen molar-refractivity contribution >= 4 is 11.8 Å². The monoisotopic (exact) mass is 333 g/mol. The van der Waals surface area contributed by atoms with Gasteiger partial charge in [0.2, 0.25) is 0 Å². The number of anilines is 1. The van der Waals surface area contributed by atoms with Crippen LogP contribution in [0.25, 0.3) is 0 Å². The number of alkyl halides is 2. The molecule has 0 aliphatic rings. The number of nitrogens with one attached hydrogen (secondary N) is 1. The molecule has 2 N–H and O–H groups in total. The highest BCUT2D eigenvalue weighted by molar-refractivity contribution is 5.87. The van der Waals surface area contributed by atoms with Gasteiger partial charge in [0, 0.05) is 6.07 Å². The molecule has 1 aromatic carbocycles. The van der Waals surface area contributed by atoms with E-state index in [1.54, 1.807) is 20.8 Å². The standard InChI is InChI=1S/C15H21F2NO5/c1-14(2,3)23-13(20)18-10-7-12(22-5)11(21-4)6-9(10)15(16,17)8-19/h6-7,19H,8H2,1-5H3,(H,18,20). The van der Waals surface area contributed by atoms with E-state index in [9.17, 15) is 13.6 Å². The number of hydrogen-bond acceptors (Lipinski definition) is 5. The van der Waals surface area contributed by atoms with Crippen LogP contribution in [0.15, 0.2) is 12.1 Å². The molecule has 8 heteroatoms. The zero-order chi connectivity index (χ0) is 17.8. The lowest BCUT2D eigenvalue weighted by molar-refractivity contribution is -0.0551. The molecule has 0 atom stereocenters. The number of rotatable bonds is 5. The van der Waals surface area contributed by atoms with Crippen LogP contribution in [0.4, 0.5) is 19.3 Å². The molecule has 0 heterocycles. The number of carbonyl (C=O) groups excluding carboxylic acids is 1. The van der Waals surface area contributed by atoms with E-state index in [1.165, 1.54) is 20.3 Å². The van der Waals surface area contributed by atoms with Crippen LogP contribution in [0.3, 0.4) is 0 Å². The van der Waals surface area contributed by atoms with Gasteiger partial charge in [-0.25, -0.2) is 4.79 Å². The number of halogens is 2. The number of carbonyl (C=O) groups is 1. The van der Waals surface area contributed by atoms with E-state index in [0.717, 1.165) is 6.07 Å². The molecule has 1 aromatic rings. The lowest BCUT2D eigenvalue weighted by atomic mass is 10.1. The fraction of sp³-hybridized carbons (Fsp3) is 0.533. The second-order valence-corrected chi connectivity index (χ2v) is 5.74. The molecule has 130 valence electrons. The summed E-state index contributed by atoms with van der Waals surface area (Å²) in [6.07, 6.45) is -0.903. The molecule has 1 amide bonds. The van der Waals surface area contributed by atoms with Crippen molar-refractivity contribution < 1.29 is 32.9 Å². The van der Waals surface area contributed by atoms with Crippen LogP contribution in [0.5, 0.6) is 11.5 Å². The zero-order valence-electron chi connectivity index (χ0n) is 13.7. The molecule has 0 bridgehead atoms. The molecule has 0 spiro atoms. The Labute approximate surface area is 133 Å². The summed E-state index contributed by atoms with van der Waals surface area (Å²) in [5, 5.41) is 11.2. The van der Waals surface area contributed by atoms with Crippen molar-refractivity contribution in [2.45, 2.75) is 32.3 Å². The fourth-order valence-corrected chi connectivity index (χ4v) is 1.78. The maximum absolute atomic E-state index is 13.9. The number of benzene rings is 1. The Kier molecular flexibility index (Phi) is 5.76. The molecule has 0 fully saturated rings. The van der Waals surface area contributed by atoms with E-state index in [0.29, 0.717) is 0 Å². The zero-order valence-corrected chi connectivity index (χ0v) is 13.7. The lowest BCUT2D eigenvalue weighted by Gasteiger charge is -2.23. The number of methoxy groups -OCH3 is 2. The second-order valence-electron chi connectivity index (χ2n) is 5.74. The smallest absolute Gasteiger partial charge is 0.412 e. The normalized spacial score (nSPS) is 11.8. The Balaban J connectivity index is 3.30. The third-order valence-electron chi connectivity index (χ3n) is 2.75. The highest BCUT2D eigenvalue weighted by Crippen LogP contribution is 2.40. The highest BCUT2D eigenvalue weighted by Gasteiger charge is 2.35. The molecular formula is C15H21F2NO5. The van der Waals surface area contributed by atoms with E-state index in [2.05, 4.69) is 5.32 Å². The van der Waals surface area contributed by atoms with Gasteiger partial charge in [-0.15, -0.1) is 0 Å². The summed E-state index contributed by atoms with van der Waals surface area (Å²) in [6.45, 7) is 3.50. The molecule has 0 aliphatic heterocycles. The molecule has 0 saturated carbocycles. The van der Waals surface area contributed by atoms with E-state index in [-0.39, 0.29) is 17.2 Å². The quantitative estimate of drug-likeness (QED) is 0.866. The highest BCUT2D eigenvalue weighted by atomic mass is 19.3. The van der Waals surface area contributed by atoms with Gasteiger partial charge in [-0.05, 0) is 26.8 Å². The second kappa shape index (κ2) is 6.99. The van der Waals surface area contributed by atoms with Crippen molar-refractivity contribution in [1.82, 2.24) is 0 Å². The Hall–Kier alpha value is -2.09. The number of amides is 1. The minimum atomic E-state index is -3.58. The summed E-state index contributed by atoms with van der Waals surface area (Å²) in [6, 6.07) is 2.18. The van der Waals surface area contributed by atoms with E-state index in [4.69, 9.17) is 19.3 Å². The van der Waals surface area contributed by atoms with Crippen molar-refractivity contribution in [3.05, 3.63) is 17.7 Å². The van der Waals surface area contributed by atoms with Crippen LogP contribution in [-0.2, 0) is 10.7 Å². The van der Waals surface area contributed by atoms with Gasteiger partial charge in [0.15, 0.2) is 11.5 Å². The first-order valence-electron chi connectivity index (χ1n) is 6.79. The summed E-state index contributed by atoms with van der Waals surface area (Å²) in [5.74, 6) is -3.38. The minimum absolute atomic E-state index is 0.0466. The third kappa shape index (κ3) is 4.95. The molecule has 6 nitrogen and oxygen atoms in total. The van der Waals surface area contributed by atoms with Crippen molar-refractivity contribution in [2.75, 3.05) is 26.1 Å². The van der Waals surface area contributed by atoms with Gasteiger partial charge in [0.1, 0.15) is 12.2 Å². The summed E-state index contributed by atoms with van der Waals surface area (Å²) in [5.41, 5.74) is -1.64. The lowest BCUT2D eigenvalue weighted by Crippen LogP contribution is -2.29. The van der Waals surface area contributed by atoms with Gasteiger partial charge in [0.05, 0.1) is 25.5 Å². The first-order chi connectivity index (χ1) is 10.5. The van der Waals surface area contributed by atoms with Crippen LogP contribution >= 0.6 is 0 Å². The van der Waals surface area contributed by atoms with Gasteiger partial charge in [-0.2, -0.15) is 8.78 Å². The van der Waals surface area contributed by atoms with Crippen molar-refractivity contribution in [3.8, 4) is 11.5 Å². The number of ether oxygens (including phenoxy) is 3. The summed E-state index contributed by atoms with van der Waals surface area (Å²) < 4.78 is 42.9. The summed E-state index contributed by atoms with van der Waals surface area (Å²) in [7, 11) is 2.62. The Morgan fingerprint density at radius 2 is 1.70 bits per heavy atom. The maximum atomic E-state index is 13.9. The average molecular weight is 333 g/mol. The number of hydrogen-bond donors (Lipinski definition) is 2. The van der Waals surface area contributed by atoms with Crippen LogP contribution < -0.4 is 14.8 Å². The SMILES string of the molecule is COc1cc(NC(=O)OC(C)(C)C)c(C(F)(F)CO)cc1OC. The average Bonchev–Trinajstić information content (AvgIpc) is 2.44. The molecule has 0 saturated heterocycles. The Morgan fingerprint density at radius 1 is 1.17 bits per heavy atom. The van der Waals surface area contributed by atoms with E-state index >= 15 is 0 Å². The van der Waals surface area contributed by atoms with E-state index < -0.39 is 29.8 Å². The molecule has 0 unspecified atom stereocenters. The predicted octanol–water partition coefficient (Wildman–Crippen LogP) is 3.13. The number of aliphatic hydroxyl groups is 1. The van der Waals surface area contributed by atoms with Crippen LogP contribution in [0.1, 0.15) is 26.3 Å². The molecule has 0 radical (unpaired) electrons. The van der Waals surface area contributed by atoms with Crippen molar-refractivity contribution in [3.63, 3.8) is 0 Å².